The lowest BCUT2D eigenvalue weighted by Gasteiger charge is -2.34. The molecule has 0 aliphatic heterocycles. The Morgan fingerprint density at radius 2 is 0.960 bits per heavy atom. The van der Waals surface area contributed by atoms with E-state index in [0.717, 1.165) is 12.8 Å². The second-order valence-electron chi connectivity index (χ2n) is 6.72. The van der Waals surface area contributed by atoms with Crippen molar-refractivity contribution in [1.29, 1.82) is 0 Å². The molecular weight excluding hydrogens is 341 g/mol. The second kappa shape index (κ2) is 18.6. The number of unbranched alkanes of at least 4 members (excludes halogenated alkanes) is 8. The summed E-state index contributed by atoms with van der Waals surface area (Å²) < 4.78 is 30.6. The molecule has 0 aliphatic rings. The van der Waals surface area contributed by atoms with Crippen molar-refractivity contribution in [2.24, 2.45) is 0 Å². The molecule has 0 aliphatic carbocycles. The fraction of sp³-hybridized carbons (Fsp3) is 1.00. The summed E-state index contributed by atoms with van der Waals surface area (Å²) in [6.07, 6.45) is 10.2. The molecule has 4 nitrogen and oxygen atoms in total. The summed E-state index contributed by atoms with van der Waals surface area (Å²) in [5.74, 6) is -0.0805. The lowest BCUT2D eigenvalue weighted by Crippen LogP contribution is -3.00. The standard InChI is InChI=1S/C11H24O3S.C8H20N.FH/c1-2-3-4-5-6-7-8-9-10-11-15(12,13)14;1-5-9(6-2,7-3)8-4;/h2-11H2,1H3,(H,12,13,14);5-8H2,1-4H3;1H/q;+1;/p-1. The third kappa shape index (κ3) is 20.0. The quantitative estimate of drug-likeness (QED) is 0.284. The molecule has 0 unspecified atom stereocenters. The molecule has 0 aromatic rings. The van der Waals surface area contributed by atoms with E-state index in [-0.39, 0.29) is 10.5 Å². The summed E-state index contributed by atoms with van der Waals surface area (Å²) in [5.41, 5.74) is 0. The van der Waals surface area contributed by atoms with Crippen molar-refractivity contribution in [1.82, 2.24) is 0 Å². The molecule has 1 N–H and O–H groups in total. The van der Waals surface area contributed by atoms with Crippen LogP contribution in [0.4, 0.5) is 0 Å². The molecular formula is C19H44FNO3S. The topological polar surface area (TPSA) is 54.4 Å². The van der Waals surface area contributed by atoms with Gasteiger partial charge < -0.3 is 9.19 Å². The molecule has 0 atom stereocenters. The first-order valence-corrected chi connectivity index (χ1v) is 11.7. The fourth-order valence-corrected chi connectivity index (χ4v) is 3.51. The Morgan fingerprint density at radius 3 is 1.20 bits per heavy atom. The number of hydrogen-bond acceptors (Lipinski definition) is 2. The maximum atomic E-state index is 10.4. The third-order valence-corrected chi connectivity index (χ3v) is 5.99. The molecule has 0 heterocycles. The van der Waals surface area contributed by atoms with E-state index in [2.05, 4.69) is 34.6 Å². The first kappa shape index (κ1) is 29.6. The summed E-state index contributed by atoms with van der Waals surface area (Å²) in [4.78, 5) is 0. The van der Waals surface area contributed by atoms with Gasteiger partial charge in [-0.25, -0.2) is 0 Å². The molecule has 25 heavy (non-hydrogen) atoms. The highest BCUT2D eigenvalue weighted by Gasteiger charge is 2.16. The largest absolute Gasteiger partial charge is 1.00 e. The highest BCUT2D eigenvalue weighted by molar-refractivity contribution is 7.85. The fourth-order valence-electron chi connectivity index (χ4n) is 2.94. The van der Waals surface area contributed by atoms with Crippen LogP contribution in [-0.4, -0.2) is 49.4 Å². The minimum atomic E-state index is -3.73. The predicted molar refractivity (Wildman–Crippen MR) is 106 cm³/mol. The van der Waals surface area contributed by atoms with Crippen LogP contribution in [0.1, 0.15) is 92.4 Å². The van der Waals surface area contributed by atoms with Crippen LogP contribution in [0, 0.1) is 0 Å². The second-order valence-corrected chi connectivity index (χ2v) is 8.29. The van der Waals surface area contributed by atoms with Gasteiger partial charge >= 0.3 is 0 Å². The molecule has 6 heteroatoms. The van der Waals surface area contributed by atoms with Gasteiger partial charge in [-0.1, -0.05) is 58.3 Å². The van der Waals surface area contributed by atoms with Crippen molar-refractivity contribution >= 4 is 10.1 Å². The molecule has 0 radical (unpaired) electrons. The van der Waals surface area contributed by atoms with Gasteiger partial charge in [-0.15, -0.1) is 0 Å². The highest BCUT2D eigenvalue weighted by atomic mass is 32.2. The minimum Gasteiger partial charge on any atom is -1.00 e. The molecule has 0 amide bonds. The van der Waals surface area contributed by atoms with E-state index in [1.165, 1.54) is 69.2 Å². The molecule has 156 valence electrons. The average molecular weight is 386 g/mol. The lowest BCUT2D eigenvalue weighted by molar-refractivity contribution is -0.921. The van der Waals surface area contributed by atoms with Gasteiger partial charge in [0.05, 0.1) is 31.9 Å². The predicted octanol–water partition coefficient (Wildman–Crippen LogP) is 2.29. The van der Waals surface area contributed by atoms with Crippen LogP contribution in [0.2, 0.25) is 0 Å². The first-order valence-electron chi connectivity index (χ1n) is 10.1. The van der Waals surface area contributed by atoms with Gasteiger partial charge in [0.1, 0.15) is 0 Å². The Bertz CT molecular complexity index is 340. The number of rotatable bonds is 14. The van der Waals surface area contributed by atoms with Crippen molar-refractivity contribution in [3.05, 3.63) is 0 Å². The van der Waals surface area contributed by atoms with Crippen LogP contribution >= 0.6 is 0 Å². The molecule has 0 rings (SSSR count). The van der Waals surface area contributed by atoms with Crippen molar-refractivity contribution in [3.63, 3.8) is 0 Å². The van der Waals surface area contributed by atoms with Gasteiger partial charge in [-0.3, -0.25) is 4.55 Å². The average Bonchev–Trinajstić information content (AvgIpc) is 2.56. The minimum absolute atomic E-state index is 0. The number of nitrogens with zero attached hydrogens (tertiary/aromatic N) is 1. The van der Waals surface area contributed by atoms with E-state index in [1.807, 2.05) is 0 Å². The van der Waals surface area contributed by atoms with E-state index in [9.17, 15) is 8.42 Å². The van der Waals surface area contributed by atoms with E-state index in [4.69, 9.17) is 4.55 Å². The van der Waals surface area contributed by atoms with Gasteiger partial charge in [0.2, 0.25) is 0 Å². The van der Waals surface area contributed by atoms with Gasteiger partial charge in [0.15, 0.2) is 0 Å². The zero-order chi connectivity index (χ0) is 18.9. The third-order valence-electron chi connectivity index (χ3n) is 5.19. The maximum Gasteiger partial charge on any atom is 0.264 e. The van der Waals surface area contributed by atoms with Crippen molar-refractivity contribution in [3.8, 4) is 0 Å². The van der Waals surface area contributed by atoms with E-state index >= 15 is 0 Å². The Morgan fingerprint density at radius 1 is 0.640 bits per heavy atom. The number of quaternary nitrogens is 1. The smallest absolute Gasteiger partial charge is 0.264 e. The van der Waals surface area contributed by atoms with Crippen LogP contribution in [0.15, 0.2) is 0 Å². The Labute approximate surface area is 157 Å². The van der Waals surface area contributed by atoms with Crippen LogP contribution in [0.25, 0.3) is 0 Å². The van der Waals surface area contributed by atoms with Crippen molar-refractivity contribution < 1.29 is 22.2 Å². The van der Waals surface area contributed by atoms with E-state index < -0.39 is 10.1 Å². The summed E-state index contributed by atoms with van der Waals surface area (Å²) in [5, 5.41) is 0. The Kier molecular flexibility index (Phi) is 22.0. The van der Waals surface area contributed by atoms with Gasteiger partial charge in [0, 0.05) is 0 Å². The maximum absolute atomic E-state index is 10.4. The Hall–Kier alpha value is -0.200. The highest BCUT2D eigenvalue weighted by Crippen LogP contribution is 2.09. The molecule has 0 bridgehead atoms. The molecule has 0 saturated carbocycles. The lowest BCUT2D eigenvalue weighted by atomic mass is 10.1. The van der Waals surface area contributed by atoms with E-state index in [1.54, 1.807) is 0 Å². The van der Waals surface area contributed by atoms with Crippen LogP contribution in [-0.2, 0) is 10.1 Å². The normalized spacial score (nSPS) is 11.4. The first-order chi connectivity index (χ1) is 11.3. The van der Waals surface area contributed by atoms with Gasteiger partial charge in [-0.05, 0) is 34.1 Å². The van der Waals surface area contributed by atoms with Crippen LogP contribution in [0.3, 0.4) is 0 Å². The molecule has 0 aromatic carbocycles. The number of hydrogen-bond donors (Lipinski definition) is 1. The molecule has 0 fully saturated rings. The zero-order valence-corrected chi connectivity index (χ0v) is 18.2. The molecule has 0 spiro atoms. The summed E-state index contributed by atoms with van der Waals surface area (Å²) in [6.45, 7) is 16.4. The summed E-state index contributed by atoms with van der Waals surface area (Å²) in [6, 6.07) is 0. The van der Waals surface area contributed by atoms with Crippen molar-refractivity contribution in [2.75, 3.05) is 31.9 Å². The zero-order valence-electron chi connectivity index (χ0n) is 17.4. The monoisotopic (exact) mass is 385 g/mol. The summed E-state index contributed by atoms with van der Waals surface area (Å²) >= 11 is 0. The SMILES string of the molecule is CCCCCCCCCCCS(=O)(=O)O.CC[N+](CC)(CC)CC.[F-]. The van der Waals surface area contributed by atoms with Crippen LogP contribution in [0.5, 0.6) is 0 Å². The van der Waals surface area contributed by atoms with Gasteiger partial charge in [-0.2, -0.15) is 8.42 Å². The van der Waals surface area contributed by atoms with Crippen molar-refractivity contribution in [2.45, 2.75) is 92.4 Å². The Balaban J connectivity index is -0.000000418. The van der Waals surface area contributed by atoms with Crippen LogP contribution < -0.4 is 4.70 Å². The molecule has 0 aromatic heterocycles. The summed E-state index contributed by atoms with van der Waals surface area (Å²) in [7, 11) is -3.73. The number of halogens is 1. The van der Waals surface area contributed by atoms with E-state index in [0.29, 0.717) is 6.42 Å². The molecule has 0 saturated heterocycles. The van der Waals surface area contributed by atoms with Gasteiger partial charge in [0.25, 0.3) is 10.1 Å².